The Kier molecular flexibility index (Phi) is 3.80. The van der Waals surface area contributed by atoms with Crippen molar-refractivity contribution in [3.05, 3.63) is 12.0 Å². The van der Waals surface area contributed by atoms with Crippen LogP contribution < -0.4 is 5.32 Å². The monoisotopic (exact) mass is 182 g/mol. The summed E-state index contributed by atoms with van der Waals surface area (Å²) < 4.78 is 5.39. The van der Waals surface area contributed by atoms with Crippen LogP contribution in [0.4, 0.5) is 6.01 Å². The highest BCUT2D eigenvalue weighted by Crippen LogP contribution is 2.12. The van der Waals surface area contributed by atoms with Crippen LogP contribution in [-0.4, -0.2) is 12.0 Å². The summed E-state index contributed by atoms with van der Waals surface area (Å²) in [5.41, 5.74) is 0. The van der Waals surface area contributed by atoms with Crippen LogP contribution in [-0.2, 0) is 6.42 Å². The number of anilines is 1. The molecule has 74 valence electrons. The van der Waals surface area contributed by atoms with Gasteiger partial charge in [0.1, 0.15) is 5.76 Å². The van der Waals surface area contributed by atoms with E-state index in [1.54, 1.807) is 6.20 Å². The fraction of sp³-hybridized carbons (Fsp3) is 0.700. The molecule has 1 rings (SSSR count). The summed E-state index contributed by atoms with van der Waals surface area (Å²) >= 11 is 0. The molecule has 3 nitrogen and oxygen atoms in total. The lowest BCUT2D eigenvalue weighted by molar-refractivity contribution is 0.485. The highest BCUT2D eigenvalue weighted by atomic mass is 16.4. The standard InChI is InChI=1S/C10H18N2O/c1-8(2)5-4-6-9-7-12-10(11-3)13-9/h7-8H,4-6H2,1-3H3,(H,11,12). The molecule has 0 amide bonds. The zero-order chi connectivity index (χ0) is 9.68. The molecule has 0 unspecified atom stereocenters. The van der Waals surface area contributed by atoms with Gasteiger partial charge in [-0.15, -0.1) is 0 Å². The number of nitrogens with one attached hydrogen (secondary N) is 1. The second-order valence-electron chi connectivity index (χ2n) is 3.67. The van der Waals surface area contributed by atoms with E-state index >= 15 is 0 Å². The normalized spacial score (nSPS) is 10.8. The molecule has 3 heteroatoms. The minimum Gasteiger partial charge on any atom is -0.429 e. The molecule has 0 fully saturated rings. The zero-order valence-electron chi connectivity index (χ0n) is 8.63. The number of rotatable bonds is 5. The first-order chi connectivity index (χ1) is 6.22. The number of nitrogens with zero attached hydrogens (tertiary/aromatic N) is 1. The fourth-order valence-electron chi connectivity index (χ4n) is 1.22. The van der Waals surface area contributed by atoms with E-state index in [0.29, 0.717) is 6.01 Å². The molecule has 1 aromatic rings. The molecule has 1 heterocycles. The third-order valence-corrected chi connectivity index (χ3v) is 1.97. The van der Waals surface area contributed by atoms with Gasteiger partial charge in [-0.05, 0) is 12.3 Å². The van der Waals surface area contributed by atoms with Gasteiger partial charge in [-0.25, -0.2) is 4.98 Å². The Morgan fingerprint density at radius 1 is 1.54 bits per heavy atom. The van der Waals surface area contributed by atoms with Crippen LogP contribution in [0.25, 0.3) is 0 Å². The largest absolute Gasteiger partial charge is 0.429 e. The molecule has 0 aliphatic rings. The maximum atomic E-state index is 5.39. The highest BCUT2D eigenvalue weighted by Gasteiger charge is 2.02. The van der Waals surface area contributed by atoms with E-state index in [4.69, 9.17) is 4.42 Å². The van der Waals surface area contributed by atoms with Crippen molar-refractivity contribution in [2.45, 2.75) is 33.1 Å². The Morgan fingerprint density at radius 3 is 2.85 bits per heavy atom. The predicted molar refractivity (Wildman–Crippen MR) is 53.8 cm³/mol. The van der Waals surface area contributed by atoms with Gasteiger partial charge in [-0.3, -0.25) is 0 Å². The summed E-state index contributed by atoms with van der Waals surface area (Å²) in [6, 6.07) is 0.611. The summed E-state index contributed by atoms with van der Waals surface area (Å²) in [6.45, 7) is 4.47. The van der Waals surface area contributed by atoms with Crippen molar-refractivity contribution in [2.75, 3.05) is 12.4 Å². The molecule has 0 radical (unpaired) electrons. The third kappa shape index (κ3) is 3.49. The Morgan fingerprint density at radius 2 is 2.31 bits per heavy atom. The van der Waals surface area contributed by atoms with Gasteiger partial charge in [-0.1, -0.05) is 20.3 Å². The minimum absolute atomic E-state index is 0.611. The average molecular weight is 182 g/mol. The van der Waals surface area contributed by atoms with Crippen molar-refractivity contribution >= 4 is 6.01 Å². The van der Waals surface area contributed by atoms with E-state index in [-0.39, 0.29) is 0 Å². The molecule has 13 heavy (non-hydrogen) atoms. The average Bonchev–Trinajstić information content (AvgIpc) is 2.52. The van der Waals surface area contributed by atoms with Crippen molar-refractivity contribution in [1.29, 1.82) is 0 Å². The lowest BCUT2D eigenvalue weighted by Gasteiger charge is -2.01. The third-order valence-electron chi connectivity index (χ3n) is 1.97. The van der Waals surface area contributed by atoms with Crippen molar-refractivity contribution in [3.63, 3.8) is 0 Å². The Hall–Kier alpha value is -0.990. The maximum absolute atomic E-state index is 5.39. The smallest absolute Gasteiger partial charge is 0.294 e. The van der Waals surface area contributed by atoms with E-state index in [0.717, 1.165) is 18.1 Å². The molecule has 0 aliphatic carbocycles. The zero-order valence-corrected chi connectivity index (χ0v) is 8.63. The van der Waals surface area contributed by atoms with Crippen molar-refractivity contribution in [3.8, 4) is 0 Å². The fourth-order valence-corrected chi connectivity index (χ4v) is 1.22. The van der Waals surface area contributed by atoms with Gasteiger partial charge in [0.15, 0.2) is 0 Å². The second kappa shape index (κ2) is 4.90. The number of oxazole rings is 1. The Balaban J connectivity index is 2.28. The number of hydrogen-bond acceptors (Lipinski definition) is 3. The molecule has 1 aromatic heterocycles. The van der Waals surface area contributed by atoms with Gasteiger partial charge >= 0.3 is 0 Å². The Labute approximate surface area is 79.5 Å². The number of aromatic nitrogens is 1. The van der Waals surface area contributed by atoms with Gasteiger partial charge in [0.2, 0.25) is 0 Å². The molecule has 0 bridgehead atoms. The number of hydrogen-bond donors (Lipinski definition) is 1. The van der Waals surface area contributed by atoms with Crippen molar-refractivity contribution in [2.24, 2.45) is 5.92 Å². The quantitative estimate of drug-likeness (QED) is 0.760. The van der Waals surface area contributed by atoms with E-state index in [2.05, 4.69) is 24.1 Å². The lowest BCUT2D eigenvalue weighted by Crippen LogP contribution is -1.89. The summed E-state index contributed by atoms with van der Waals surface area (Å²) in [5, 5.41) is 2.87. The first-order valence-corrected chi connectivity index (χ1v) is 4.85. The Bertz CT molecular complexity index is 243. The molecule has 0 spiro atoms. The van der Waals surface area contributed by atoms with Gasteiger partial charge < -0.3 is 9.73 Å². The summed E-state index contributed by atoms with van der Waals surface area (Å²) in [6.07, 6.45) is 5.21. The number of aryl methyl sites for hydroxylation is 1. The molecule has 0 saturated heterocycles. The molecule has 1 N–H and O–H groups in total. The summed E-state index contributed by atoms with van der Waals surface area (Å²) in [4.78, 5) is 4.05. The van der Waals surface area contributed by atoms with E-state index in [9.17, 15) is 0 Å². The molecule has 0 aliphatic heterocycles. The molecule has 0 atom stereocenters. The van der Waals surface area contributed by atoms with Crippen LogP contribution in [0.15, 0.2) is 10.6 Å². The minimum atomic E-state index is 0.611. The van der Waals surface area contributed by atoms with Crippen molar-refractivity contribution in [1.82, 2.24) is 4.98 Å². The molecular weight excluding hydrogens is 164 g/mol. The first kappa shape index (κ1) is 10.1. The second-order valence-corrected chi connectivity index (χ2v) is 3.67. The lowest BCUT2D eigenvalue weighted by atomic mass is 10.1. The van der Waals surface area contributed by atoms with Crippen LogP contribution in [0, 0.1) is 5.92 Å². The topological polar surface area (TPSA) is 38.1 Å². The van der Waals surface area contributed by atoms with E-state index in [1.807, 2.05) is 7.05 Å². The predicted octanol–water partition coefficient (Wildman–Crippen LogP) is 2.70. The van der Waals surface area contributed by atoms with Gasteiger partial charge in [0.05, 0.1) is 6.20 Å². The van der Waals surface area contributed by atoms with Gasteiger partial charge in [0, 0.05) is 13.5 Å². The summed E-state index contributed by atoms with van der Waals surface area (Å²) in [7, 11) is 1.81. The molecular formula is C10H18N2O. The SMILES string of the molecule is CNc1ncc(CCCC(C)C)o1. The van der Waals surface area contributed by atoms with Crippen LogP contribution in [0.5, 0.6) is 0 Å². The first-order valence-electron chi connectivity index (χ1n) is 4.85. The summed E-state index contributed by atoms with van der Waals surface area (Å²) in [5.74, 6) is 1.75. The van der Waals surface area contributed by atoms with E-state index in [1.165, 1.54) is 12.8 Å². The van der Waals surface area contributed by atoms with Crippen LogP contribution >= 0.6 is 0 Å². The van der Waals surface area contributed by atoms with E-state index < -0.39 is 0 Å². The van der Waals surface area contributed by atoms with Crippen LogP contribution in [0.2, 0.25) is 0 Å². The van der Waals surface area contributed by atoms with Crippen LogP contribution in [0.1, 0.15) is 32.4 Å². The van der Waals surface area contributed by atoms with Gasteiger partial charge in [0.25, 0.3) is 6.01 Å². The maximum Gasteiger partial charge on any atom is 0.294 e. The van der Waals surface area contributed by atoms with Gasteiger partial charge in [-0.2, -0.15) is 0 Å². The van der Waals surface area contributed by atoms with Crippen molar-refractivity contribution < 1.29 is 4.42 Å². The molecule has 0 aromatic carbocycles. The molecule has 0 saturated carbocycles. The van der Waals surface area contributed by atoms with Crippen LogP contribution in [0.3, 0.4) is 0 Å². The highest BCUT2D eigenvalue weighted by molar-refractivity contribution is 5.18.